The Kier molecular flexibility index (Phi) is 16.8. The Morgan fingerprint density at radius 2 is 1.59 bits per heavy atom. The second-order valence-electron chi connectivity index (χ2n) is 5.63. The van der Waals surface area contributed by atoms with Crippen molar-refractivity contribution in [3.63, 3.8) is 0 Å². The Labute approximate surface area is 139 Å². The maximum absolute atomic E-state index is 10.9. The van der Waals surface area contributed by atoms with Crippen LogP contribution in [0.2, 0.25) is 0 Å². The lowest BCUT2D eigenvalue weighted by Crippen LogP contribution is -2.39. The molecule has 1 unspecified atom stereocenters. The van der Waals surface area contributed by atoms with Gasteiger partial charge in [0.05, 0.1) is 0 Å². The number of hydrogen-bond donors (Lipinski definition) is 3. The zero-order valence-corrected chi connectivity index (χ0v) is 14.7. The first-order valence-corrected chi connectivity index (χ1v) is 9.68. The third kappa shape index (κ3) is 14.6. The molecule has 132 valence electrons. The highest BCUT2D eigenvalue weighted by Crippen LogP contribution is 2.13. The third-order valence-electron chi connectivity index (χ3n) is 3.62. The van der Waals surface area contributed by atoms with Crippen molar-refractivity contribution >= 4 is 17.7 Å². The molecule has 6 heteroatoms. The summed E-state index contributed by atoms with van der Waals surface area (Å²) in [4.78, 5) is 14.8. The number of unbranched alkanes of at least 4 members (excludes halogenated alkanes) is 9. The van der Waals surface area contributed by atoms with Crippen LogP contribution in [0.4, 0.5) is 0 Å². The van der Waals surface area contributed by atoms with E-state index in [-0.39, 0.29) is 6.73 Å². The van der Waals surface area contributed by atoms with E-state index in [1.807, 2.05) is 0 Å². The number of hydrogen-bond acceptors (Lipinski definition) is 5. The quantitative estimate of drug-likeness (QED) is 0.160. The number of rotatable bonds is 17. The average Bonchev–Trinajstić information content (AvgIpc) is 2.51. The van der Waals surface area contributed by atoms with E-state index in [9.17, 15) is 4.79 Å². The monoisotopic (exact) mass is 335 g/mol. The van der Waals surface area contributed by atoms with Gasteiger partial charge >= 0.3 is 5.97 Å². The van der Waals surface area contributed by atoms with Gasteiger partial charge in [-0.25, -0.2) is 4.89 Å². The largest absolute Gasteiger partial charge is 0.480 e. The Hall–Kier alpha value is -0.300. The average molecular weight is 336 g/mol. The zero-order valence-electron chi connectivity index (χ0n) is 13.9. The fraction of sp³-hybridized carbons (Fsp3) is 0.938. The third-order valence-corrected chi connectivity index (χ3v) is 4.77. The molecule has 0 heterocycles. The second-order valence-corrected chi connectivity index (χ2v) is 6.78. The molecule has 22 heavy (non-hydrogen) atoms. The minimum atomic E-state index is -0.910. The zero-order chi connectivity index (χ0) is 16.5. The fourth-order valence-electron chi connectivity index (χ4n) is 2.25. The van der Waals surface area contributed by atoms with Crippen LogP contribution < -0.4 is 5.32 Å². The summed E-state index contributed by atoms with van der Waals surface area (Å²) in [6, 6.07) is -0.666. The van der Waals surface area contributed by atoms with E-state index in [1.54, 1.807) is 11.8 Å². The summed E-state index contributed by atoms with van der Waals surface area (Å²) in [7, 11) is 0. The Morgan fingerprint density at radius 1 is 1.05 bits per heavy atom. The Morgan fingerprint density at radius 3 is 2.09 bits per heavy atom. The van der Waals surface area contributed by atoms with E-state index in [1.165, 1.54) is 57.8 Å². The van der Waals surface area contributed by atoms with E-state index in [0.717, 1.165) is 12.2 Å². The van der Waals surface area contributed by atoms with Crippen LogP contribution in [-0.4, -0.2) is 40.6 Å². The van der Waals surface area contributed by atoms with Crippen LogP contribution in [0.3, 0.4) is 0 Å². The van der Waals surface area contributed by atoms with Crippen molar-refractivity contribution < 1.29 is 20.0 Å². The molecule has 0 rings (SSSR count). The molecule has 0 aromatic rings. The highest BCUT2D eigenvalue weighted by Gasteiger charge is 2.16. The first-order valence-electron chi connectivity index (χ1n) is 8.52. The summed E-state index contributed by atoms with van der Waals surface area (Å²) in [5.41, 5.74) is 0. The summed E-state index contributed by atoms with van der Waals surface area (Å²) in [6.07, 6.45) is 13.1. The summed E-state index contributed by atoms with van der Waals surface area (Å²) >= 11 is 1.64. The topological polar surface area (TPSA) is 78.8 Å². The normalized spacial score (nSPS) is 12.5. The highest BCUT2D eigenvalue weighted by atomic mass is 32.2. The Bertz CT molecular complexity index is 254. The van der Waals surface area contributed by atoms with Crippen LogP contribution in [0.25, 0.3) is 0 Å². The van der Waals surface area contributed by atoms with Gasteiger partial charge in [0.25, 0.3) is 0 Å². The predicted octanol–water partition coefficient (Wildman–Crippen LogP) is 4.13. The van der Waals surface area contributed by atoms with Gasteiger partial charge in [0.15, 0.2) is 0 Å². The molecule has 5 nitrogen and oxygen atoms in total. The van der Waals surface area contributed by atoms with Crippen LogP contribution in [0.1, 0.15) is 71.1 Å². The van der Waals surface area contributed by atoms with Gasteiger partial charge in [0.2, 0.25) is 0 Å². The van der Waals surface area contributed by atoms with E-state index < -0.39 is 12.0 Å². The predicted molar refractivity (Wildman–Crippen MR) is 92.3 cm³/mol. The van der Waals surface area contributed by atoms with Crippen LogP contribution in [-0.2, 0) is 9.68 Å². The smallest absolute Gasteiger partial charge is 0.321 e. The second kappa shape index (κ2) is 17.1. The van der Waals surface area contributed by atoms with E-state index in [4.69, 9.17) is 10.4 Å². The maximum atomic E-state index is 10.9. The van der Waals surface area contributed by atoms with Crippen molar-refractivity contribution in [3.8, 4) is 0 Å². The van der Waals surface area contributed by atoms with Gasteiger partial charge in [-0.2, -0.15) is 11.8 Å². The van der Waals surface area contributed by atoms with E-state index >= 15 is 0 Å². The summed E-state index contributed by atoms with van der Waals surface area (Å²) in [5.74, 6) is 0.575. The van der Waals surface area contributed by atoms with Crippen LogP contribution in [0, 0.1) is 0 Å². The maximum Gasteiger partial charge on any atom is 0.321 e. The number of nitrogens with one attached hydrogen (secondary N) is 1. The van der Waals surface area contributed by atoms with Gasteiger partial charge in [-0.1, -0.05) is 64.7 Å². The van der Waals surface area contributed by atoms with Gasteiger partial charge in [-0.3, -0.25) is 15.4 Å². The Balaban J connectivity index is 3.29. The number of carbonyl (C=O) groups is 1. The van der Waals surface area contributed by atoms with Crippen molar-refractivity contribution in [1.82, 2.24) is 5.32 Å². The minimum absolute atomic E-state index is 0.157. The van der Waals surface area contributed by atoms with E-state index in [0.29, 0.717) is 5.75 Å². The van der Waals surface area contributed by atoms with Gasteiger partial charge < -0.3 is 5.11 Å². The van der Waals surface area contributed by atoms with Crippen molar-refractivity contribution in [2.75, 3.05) is 18.2 Å². The van der Waals surface area contributed by atoms with Crippen molar-refractivity contribution in [2.24, 2.45) is 0 Å². The fourth-order valence-corrected chi connectivity index (χ4v) is 3.32. The summed E-state index contributed by atoms with van der Waals surface area (Å²) in [6.45, 7) is 2.09. The molecule has 0 aliphatic rings. The molecule has 1 atom stereocenters. The van der Waals surface area contributed by atoms with E-state index in [2.05, 4.69) is 17.1 Å². The van der Waals surface area contributed by atoms with Crippen molar-refractivity contribution in [1.29, 1.82) is 0 Å². The number of thioether (sulfide) groups is 1. The molecule has 0 spiro atoms. The van der Waals surface area contributed by atoms with Crippen LogP contribution >= 0.6 is 11.8 Å². The molecule has 0 radical (unpaired) electrons. The summed E-state index contributed by atoms with van der Waals surface area (Å²) in [5, 5.41) is 19.8. The van der Waals surface area contributed by atoms with Gasteiger partial charge in [-0.05, 0) is 12.2 Å². The lowest BCUT2D eigenvalue weighted by Gasteiger charge is -2.12. The molecule has 0 aliphatic carbocycles. The first kappa shape index (κ1) is 21.7. The molecular weight excluding hydrogens is 302 g/mol. The number of carboxylic acid groups (broad SMARTS) is 1. The SMILES string of the molecule is CCCCCCCCCCCCSCC(NCOO)C(=O)O. The van der Waals surface area contributed by atoms with Crippen molar-refractivity contribution in [2.45, 2.75) is 77.2 Å². The number of aliphatic carboxylic acids is 1. The highest BCUT2D eigenvalue weighted by molar-refractivity contribution is 7.99. The molecule has 0 aromatic heterocycles. The lowest BCUT2D eigenvalue weighted by atomic mass is 10.1. The molecular formula is C16H33NO4S. The lowest BCUT2D eigenvalue weighted by molar-refractivity contribution is -0.248. The standard InChI is InChI=1S/C16H33NO4S/c1-2-3-4-5-6-7-8-9-10-11-12-22-13-15(16(18)19)17-14-21-20/h15,17,20H,2-14H2,1H3,(H,18,19). The van der Waals surface area contributed by atoms with Gasteiger partial charge in [0.1, 0.15) is 12.8 Å². The molecule has 0 aromatic carbocycles. The van der Waals surface area contributed by atoms with Crippen LogP contribution in [0.15, 0.2) is 0 Å². The molecule has 0 amide bonds. The minimum Gasteiger partial charge on any atom is -0.480 e. The first-order chi connectivity index (χ1) is 10.7. The van der Waals surface area contributed by atoms with Gasteiger partial charge in [0, 0.05) is 5.75 Å². The molecule has 3 N–H and O–H groups in total. The molecule has 0 saturated carbocycles. The summed E-state index contributed by atoms with van der Waals surface area (Å²) < 4.78 is 0. The molecule has 0 fully saturated rings. The molecule has 0 bridgehead atoms. The molecule has 0 aliphatic heterocycles. The van der Waals surface area contributed by atoms with Crippen LogP contribution in [0.5, 0.6) is 0 Å². The molecule has 0 saturated heterocycles. The number of carboxylic acids is 1. The van der Waals surface area contributed by atoms with Crippen molar-refractivity contribution in [3.05, 3.63) is 0 Å². The van der Waals surface area contributed by atoms with Gasteiger partial charge in [-0.15, -0.1) is 0 Å².